The molecule has 0 amide bonds. The summed E-state index contributed by atoms with van der Waals surface area (Å²) in [6.45, 7) is 2.27. The highest BCUT2D eigenvalue weighted by Crippen LogP contribution is 2.26. The Kier molecular flexibility index (Phi) is 4.35. The van der Waals surface area contributed by atoms with Crippen molar-refractivity contribution in [3.8, 4) is 0 Å². The fourth-order valence-electron chi connectivity index (χ4n) is 1.76. The summed E-state index contributed by atoms with van der Waals surface area (Å²) in [5.41, 5.74) is 8.15. The van der Waals surface area contributed by atoms with Gasteiger partial charge < -0.3 is 11.1 Å². The van der Waals surface area contributed by atoms with Crippen molar-refractivity contribution in [1.82, 2.24) is 4.98 Å². The van der Waals surface area contributed by atoms with Gasteiger partial charge in [0, 0.05) is 18.4 Å². The highest BCUT2D eigenvalue weighted by molar-refractivity contribution is 6.33. The summed E-state index contributed by atoms with van der Waals surface area (Å²) < 4.78 is 13.2. The van der Waals surface area contributed by atoms with Gasteiger partial charge in [-0.25, -0.2) is 4.39 Å². The smallest absolute Gasteiger partial charge is 0.125 e. The standard InChI is InChI=1S/C14H15ClFN3/c1-9-2-3-10(8-18-9)14(7-17)19-13-6-11(16)4-5-12(13)15/h2-6,8,14,19H,7,17H2,1H3. The van der Waals surface area contributed by atoms with Gasteiger partial charge in [0.2, 0.25) is 0 Å². The average molecular weight is 280 g/mol. The second-order valence-corrected chi connectivity index (χ2v) is 4.70. The SMILES string of the molecule is Cc1ccc(C(CN)Nc2cc(F)ccc2Cl)cn1. The highest BCUT2D eigenvalue weighted by Gasteiger charge is 2.12. The molecular formula is C14H15ClFN3. The van der Waals surface area contributed by atoms with Crippen molar-refractivity contribution in [3.63, 3.8) is 0 Å². The largest absolute Gasteiger partial charge is 0.376 e. The predicted molar refractivity (Wildman–Crippen MR) is 75.8 cm³/mol. The first-order valence-electron chi connectivity index (χ1n) is 5.94. The number of benzene rings is 1. The van der Waals surface area contributed by atoms with Crippen molar-refractivity contribution < 1.29 is 4.39 Å². The number of nitrogens with one attached hydrogen (secondary N) is 1. The molecule has 1 aromatic carbocycles. The molecule has 0 fully saturated rings. The third-order valence-corrected chi connectivity index (χ3v) is 3.16. The normalized spacial score (nSPS) is 12.2. The summed E-state index contributed by atoms with van der Waals surface area (Å²) >= 11 is 6.02. The molecule has 19 heavy (non-hydrogen) atoms. The van der Waals surface area contributed by atoms with Crippen molar-refractivity contribution in [2.45, 2.75) is 13.0 Å². The minimum Gasteiger partial charge on any atom is -0.376 e. The molecule has 0 saturated heterocycles. The lowest BCUT2D eigenvalue weighted by Gasteiger charge is -2.19. The first-order chi connectivity index (χ1) is 9.10. The second-order valence-electron chi connectivity index (χ2n) is 4.29. The molecule has 1 unspecified atom stereocenters. The molecule has 2 aromatic rings. The van der Waals surface area contributed by atoms with Crippen LogP contribution in [-0.2, 0) is 0 Å². The van der Waals surface area contributed by atoms with E-state index in [2.05, 4.69) is 10.3 Å². The van der Waals surface area contributed by atoms with Crippen molar-refractivity contribution >= 4 is 17.3 Å². The summed E-state index contributed by atoms with van der Waals surface area (Å²) in [5, 5.41) is 3.59. The minimum atomic E-state index is -0.343. The van der Waals surface area contributed by atoms with Crippen LogP contribution >= 0.6 is 11.6 Å². The van der Waals surface area contributed by atoms with E-state index in [1.54, 1.807) is 6.20 Å². The van der Waals surface area contributed by atoms with Gasteiger partial charge in [0.25, 0.3) is 0 Å². The molecule has 0 spiro atoms. The van der Waals surface area contributed by atoms with Crippen LogP contribution in [0.1, 0.15) is 17.3 Å². The zero-order valence-corrected chi connectivity index (χ0v) is 11.3. The van der Waals surface area contributed by atoms with Crippen LogP contribution in [0.2, 0.25) is 5.02 Å². The molecule has 0 aliphatic carbocycles. The zero-order valence-electron chi connectivity index (χ0n) is 10.5. The Hall–Kier alpha value is -1.65. The van der Waals surface area contributed by atoms with E-state index in [9.17, 15) is 4.39 Å². The lowest BCUT2D eigenvalue weighted by molar-refractivity contribution is 0.627. The van der Waals surface area contributed by atoms with Crippen LogP contribution in [0.15, 0.2) is 36.5 Å². The lowest BCUT2D eigenvalue weighted by Crippen LogP contribution is -2.21. The van der Waals surface area contributed by atoms with Crippen LogP contribution in [-0.4, -0.2) is 11.5 Å². The molecule has 1 atom stereocenters. The third kappa shape index (κ3) is 3.43. The Balaban J connectivity index is 2.23. The summed E-state index contributed by atoms with van der Waals surface area (Å²) in [6.07, 6.45) is 1.76. The van der Waals surface area contributed by atoms with Gasteiger partial charge in [-0.05, 0) is 36.8 Å². The van der Waals surface area contributed by atoms with Crippen molar-refractivity contribution in [1.29, 1.82) is 0 Å². The van der Waals surface area contributed by atoms with Gasteiger partial charge in [0.1, 0.15) is 5.82 Å². The summed E-state index contributed by atoms with van der Waals surface area (Å²) in [6, 6.07) is 7.88. The molecule has 1 heterocycles. The topological polar surface area (TPSA) is 50.9 Å². The summed E-state index contributed by atoms with van der Waals surface area (Å²) in [7, 11) is 0. The Bertz CT molecular complexity index is 557. The Morgan fingerprint density at radius 1 is 1.37 bits per heavy atom. The molecular weight excluding hydrogens is 265 g/mol. The monoisotopic (exact) mass is 279 g/mol. The minimum absolute atomic E-state index is 0.160. The van der Waals surface area contributed by atoms with Gasteiger partial charge in [-0.2, -0.15) is 0 Å². The van der Waals surface area contributed by atoms with Crippen LogP contribution in [0, 0.1) is 12.7 Å². The number of aryl methyl sites for hydroxylation is 1. The van der Waals surface area contributed by atoms with Gasteiger partial charge in [0.15, 0.2) is 0 Å². The Morgan fingerprint density at radius 2 is 2.16 bits per heavy atom. The Labute approximate surface area is 116 Å². The third-order valence-electron chi connectivity index (χ3n) is 2.83. The number of halogens is 2. The maximum atomic E-state index is 13.2. The van der Waals surface area contributed by atoms with Gasteiger partial charge in [-0.15, -0.1) is 0 Å². The first-order valence-corrected chi connectivity index (χ1v) is 6.32. The van der Waals surface area contributed by atoms with E-state index in [1.807, 2.05) is 19.1 Å². The van der Waals surface area contributed by atoms with Gasteiger partial charge in [-0.3, -0.25) is 4.98 Å². The quantitative estimate of drug-likeness (QED) is 0.903. The van der Waals surface area contributed by atoms with Crippen LogP contribution in [0.4, 0.5) is 10.1 Å². The number of aromatic nitrogens is 1. The summed E-state index contributed by atoms with van der Waals surface area (Å²) in [4.78, 5) is 4.23. The maximum absolute atomic E-state index is 13.2. The molecule has 0 aliphatic heterocycles. The number of nitrogens with two attached hydrogens (primary N) is 1. The first kappa shape index (κ1) is 13.8. The highest BCUT2D eigenvalue weighted by atomic mass is 35.5. The molecule has 0 radical (unpaired) electrons. The fraction of sp³-hybridized carbons (Fsp3) is 0.214. The van der Waals surface area contributed by atoms with Crippen LogP contribution in [0.25, 0.3) is 0 Å². The van der Waals surface area contributed by atoms with E-state index in [-0.39, 0.29) is 11.9 Å². The van der Waals surface area contributed by atoms with Crippen molar-refractivity contribution in [2.75, 3.05) is 11.9 Å². The number of nitrogens with zero attached hydrogens (tertiary/aromatic N) is 1. The van der Waals surface area contributed by atoms with E-state index in [0.29, 0.717) is 17.3 Å². The molecule has 100 valence electrons. The Morgan fingerprint density at radius 3 is 2.79 bits per heavy atom. The maximum Gasteiger partial charge on any atom is 0.125 e. The summed E-state index contributed by atoms with van der Waals surface area (Å²) in [5.74, 6) is -0.343. The molecule has 2 rings (SSSR count). The lowest BCUT2D eigenvalue weighted by atomic mass is 10.1. The van der Waals surface area contributed by atoms with Gasteiger partial charge >= 0.3 is 0 Å². The number of anilines is 1. The molecule has 1 aromatic heterocycles. The molecule has 3 nitrogen and oxygen atoms in total. The number of hydrogen-bond acceptors (Lipinski definition) is 3. The molecule has 5 heteroatoms. The van der Waals surface area contributed by atoms with Crippen LogP contribution in [0.5, 0.6) is 0 Å². The molecule has 3 N–H and O–H groups in total. The molecule has 0 bridgehead atoms. The number of rotatable bonds is 4. The number of pyridine rings is 1. The van der Waals surface area contributed by atoms with Gasteiger partial charge in [-0.1, -0.05) is 17.7 Å². The predicted octanol–water partition coefficient (Wildman–Crippen LogP) is 3.29. The molecule has 0 aliphatic rings. The van der Waals surface area contributed by atoms with Crippen molar-refractivity contribution in [3.05, 3.63) is 58.6 Å². The molecule has 0 saturated carbocycles. The number of hydrogen-bond donors (Lipinski definition) is 2. The average Bonchev–Trinajstić information content (AvgIpc) is 2.41. The van der Waals surface area contributed by atoms with E-state index in [0.717, 1.165) is 11.3 Å². The fourth-order valence-corrected chi connectivity index (χ4v) is 1.93. The second kappa shape index (κ2) is 5.99. The van der Waals surface area contributed by atoms with Gasteiger partial charge in [0.05, 0.1) is 16.8 Å². The van der Waals surface area contributed by atoms with E-state index >= 15 is 0 Å². The van der Waals surface area contributed by atoms with E-state index in [1.165, 1.54) is 18.2 Å². The van der Waals surface area contributed by atoms with E-state index in [4.69, 9.17) is 17.3 Å². The van der Waals surface area contributed by atoms with Crippen molar-refractivity contribution in [2.24, 2.45) is 5.73 Å². The van der Waals surface area contributed by atoms with E-state index < -0.39 is 0 Å². The van der Waals surface area contributed by atoms with Crippen LogP contribution < -0.4 is 11.1 Å². The zero-order chi connectivity index (χ0) is 13.8. The van der Waals surface area contributed by atoms with Crippen LogP contribution in [0.3, 0.4) is 0 Å².